The van der Waals surface area contributed by atoms with E-state index in [-0.39, 0.29) is 0 Å². The van der Waals surface area contributed by atoms with E-state index in [4.69, 9.17) is 14.8 Å². The Morgan fingerprint density at radius 2 is 2.00 bits per heavy atom. The molecule has 9 nitrogen and oxygen atoms in total. The molecule has 1 saturated heterocycles. The quantitative estimate of drug-likeness (QED) is 0.740. The highest BCUT2D eigenvalue weighted by molar-refractivity contribution is 5.82. The average molecular weight is 340 g/mol. The van der Waals surface area contributed by atoms with E-state index in [0.717, 1.165) is 75.1 Å². The lowest BCUT2D eigenvalue weighted by Gasteiger charge is -2.21. The van der Waals surface area contributed by atoms with Crippen LogP contribution in [0.4, 0.5) is 5.82 Å². The maximum Gasteiger partial charge on any atom is 0.182 e. The van der Waals surface area contributed by atoms with E-state index >= 15 is 0 Å². The number of anilines is 1. The van der Waals surface area contributed by atoms with Gasteiger partial charge < -0.3 is 14.6 Å². The number of ether oxygens (including phenoxy) is 1. The van der Waals surface area contributed by atoms with Gasteiger partial charge in [-0.2, -0.15) is 5.10 Å². The summed E-state index contributed by atoms with van der Waals surface area (Å²) >= 11 is 0. The van der Waals surface area contributed by atoms with E-state index in [2.05, 4.69) is 29.5 Å². The standard InChI is InChI=1S/C16H20N8O/c1-4-23(16-13-15(18-9-17-13)19-10-20-16)5-6-24-12(1)21-14(22-24)11-2-7-25-8-3-11/h9-11H,1-8H2,(H,17,18,19,20). The van der Waals surface area contributed by atoms with Gasteiger partial charge in [-0.3, -0.25) is 0 Å². The first-order valence-corrected chi connectivity index (χ1v) is 8.79. The Morgan fingerprint density at radius 1 is 1.08 bits per heavy atom. The van der Waals surface area contributed by atoms with Crippen LogP contribution in [0.5, 0.6) is 0 Å². The van der Waals surface area contributed by atoms with Gasteiger partial charge in [0.1, 0.15) is 17.7 Å². The third-order valence-corrected chi connectivity index (χ3v) is 5.04. The summed E-state index contributed by atoms with van der Waals surface area (Å²) in [5.41, 5.74) is 1.59. The molecule has 3 aromatic heterocycles. The number of aromatic amines is 1. The number of imidazole rings is 1. The van der Waals surface area contributed by atoms with Gasteiger partial charge in [-0.15, -0.1) is 0 Å². The normalized spacial score (nSPS) is 19.1. The summed E-state index contributed by atoms with van der Waals surface area (Å²) < 4.78 is 7.51. The van der Waals surface area contributed by atoms with Crippen molar-refractivity contribution in [1.29, 1.82) is 0 Å². The van der Waals surface area contributed by atoms with Gasteiger partial charge in [0.15, 0.2) is 17.3 Å². The lowest BCUT2D eigenvalue weighted by molar-refractivity contribution is 0.0835. The summed E-state index contributed by atoms with van der Waals surface area (Å²) in [6.45, 7) is 4.14. The summed E-state index contributed by atoms with van der Waals surface area (Å²) in [7, 11) is 0. The molecule has 0 spiro atoms. The molecule has 5 rings (SSSR count). The van der Waals surface area contributed by atoms with E-state index in [9.17, 15) is 0 Å². The first kappa shape index (κ1) is 14.8. The molecule has 0 radical (unpaired) electrons. The second kappa shape index (κ2) is 6.07. The van der Waals surface area contributed by atoms with Crippen LogP contribution in [0.1, 0.15) is 30.4 Å². The van der Waals surface area contributed by atoms with Crippen LogP contribution in [-0.2, 0) is 17.7 Å². The molecule has 0 atom stereocenters. The fourth-order valence-corrected chi connectivity index (χ4v) is 3.65. The summed E-state index contributed by atoms with van der Waals surface area (Å²) in [5, 5.41) is 4.79. The minimum Gasteiger partial charge on any atom is -0.381 e. The number of rotatable bonds is 2. The smallest absolute Gasteiger partial charge is 0.182 e. The van der Waals surface area contributed by atoms with Crippen molar-refractivity contribution in [1.82, 2.24) is 34.7 Å². The van der Waals surface area contributed by atoms with Crippen molar-refractivity contribution in [2.45, 2.75) is 31.7 Å². The minimum absolute atomic E-state index is 0.441. The van der Waals surface area contributed by atoms with Crippen LogP contribution in [0.15, 0.2) is 12.7 Å². The number of hydrogen-bond acceptors (Lipinski definition) is 7. The van der Waals surface area contributed by atoms with Gasteiger partial charge in [-0.05, 0) is 12.8 Å². The largest absolute Gasteiger partial charge is 0.381 e. The van der Waals surface area contributed by atoms with Crippen LogP contribution in [0.2, 0.25) is 0 Å². The highest BCUT2D eigenvalue weighted by Crippen LogP contribution is 2.26. The number of fused-ring (bicyclic) bond motifs is 2. The molecule has 3 aromatic rings. The summed E-state index contributed by atoms with van der Waals surface area (Å²) in [6.07, 6.45) is 6.13. The second-order valence-corrected chi connectivity index (χ2v) is 6.53. The predicted molar refractivity (Wildman–Crippen MR) is 90.4 cm³/mol. The molecule has 0 bridgehead atoms. The first-order chi connectivity index (χ1) is 12.4. The molecule has 0 aromatic carbocycles. The van der Waals surface area contributed by atoms with E-state index in [1.54, 1.807) is 12.7 Å². The fraction of sp³-hybridized carbons (Fsp3) is 0.562. The zero-order valence-electron chi connectivity index (χ0n) is 13.9. The number of nitrogens with one attached hydrogen (secondary N) is 1. The molecule has 1 N–H and O–H groups in total. The number of aromatic nitrogens is 7. The maximum atomic E-state index is 5.45. The van der Waals surface area contributed by atoms with Gasteiger partial charge in [0.25, 0.3) is 0 Å². The Balaban J connectivity index is 1.37. The van der Waals surface area contributed by atoms with Crippen molar-refractivity contribution >= 4 is 17.0 Å². The Hall–Kier alpha value is -2.55. The highest BCUT2D eigenvalue weighted by atomic mass is 16.5. The maximum absolute atomic E-state index is 5.45. The van der Waals surface area contributed by atoms with Gasteiger partial charge in [-0.1, -0.05) is 0 Å². The van der Waals surface area contributed by atoms with Crippen molar-refractivity contribution < 1.29 is 4.74 Å². The van der Waals surface area contributed by atoms with Crippen LogP contribution in [0.25, 0.3) is 11.2 Å². The third-order valence-electron chi connectivity index (χ3n) is 5.04. The van der Waals surface area contributed by atoms with Gasteiger partial charge in [0.05, 0.1) is 12.9 Å². The Labute approximate surface area is 144 Å². The molecule has 0 amide bonds. The van der Waals surface area contributed by atoms with Crippen LogP contribution < -0.4 is 4.90 Å². The third kappa shape index (κ3) is 2.64. The molecule has 0 unspecified atom stereocenters. The number of H-pyrrole nitrogens is 1. The molecule has 25 heavy (non-hydrogen) atoms. The number of hydrogen-bond donors (Lipinski definition) is 1. The average Bonchev–Trinajstić information content (AvgIpc) is 3.25. The van der Waals surface area contributed by atoms with Gasteiger partial charge in [0.2, 0.25) is 0 Å². The molecular formula is C16H20N8O. The van der Waals surface area contributed by atoms with Crippen molar-refractivity contribution in [3.05, 3.63) is 24.3 Å². The lowest BCUT2D eigenvalue weighted by Crippen LogP contribution is -2.28. The Kier molecular flexibility index (Phi) is 3.58. The molecule has 1 fully saturated rings. The molecule has 2 aliphatic rings. The number of nitrogens with zero attached hydrogens (tertiary/aromatic N) is 7. The summed E-state index contributed by atoms with van der Waals surface area (Å²) in [6, 6.07) is 0. The van der Waals surface area contributed by atoms with E-state index in [1.807, 2.05) is 0 Å². The minimum atomic E-state index is 0.441. The first-order valence-electron chi connectivity index (χ1n) is 8.79. The van der Waals surface area contributed by atoms with Gasteiger partial charge in [-0.25, -0.2) is 24.6 Å². The van der Waals surface area contributed by atoms with Crippen LogP contribution in [-0.4, -0.2) is 61.0 Å². The van der Waals surface area contributed by atoms with Crippen LogP contribution in [0.3, 0.4) is 0 Å². The molecular weight excluding hydrogens is 320 g/mol. The Bertz CT molecular complexity index is 856. The van der Waals surface area contributed by atoms with E-state index < -0.39 is 0 Å². The van der Waals surface area contributed by atoms with Crippen molar-refractivity contribution in [2.75, 3.05) is 31.2 Å². The second-order valence-electron chi connectivity index (χ2n) is 6.53. The topological polar surface area (TPSA) is 97.6 Å². The lowest BCUT2D eigenvalue weighted by atomic mass is 10.00. The zero-order valence-corrected chi connectivity index (χ0v) is 13.9. The molecule has 9 heteroatoms. The molecule has 5 heterocycles. The zero-order chi connectivity index (χ0) is 16.6. The SMILES string of the molecule is c1nc(N2CCc3nc(C4CCOCC4)nn3CC2)c2[nH]cnc2n1. The monoisotopic (exact) mass is 340 g/mol. The summed E-state index contributed by atoms with van der Waals surface area (Å²) in [5.74, 6) is 3.40. The van der Waals surface area contributed by atoms with E-state index in [1.165, 1.54) is 0 Å². The van der Waals surface area contributed by atoms with Crippen LogP contribution in [0, 0.1) is 0 Å². The predicted octanol–water partition coefficient (Wildman–Crippen LogP) is 0.901. The van der Waals surface area contributed by atoms with Crippen molar-refractivity contribution in [3.63, 3.8) is 0 Å². The van der Waals surface area contributed by atoms with Gasteiger partial charge in [0, 0.05) is 38.6 Å². The Morgan fingerprint density at radius 3 is 2.92 bits per heavy atom. The fourth-order valence-electron chi connectivity index (χ4n) is 3.65. The molecule has 0 aliphatic carbocycles. The van der Waals surface area contributed by atoms with E-state index in [0.29, 0.717) is 11.6 Å². The molecule has 130 valence electrons. The summed E-state index contributed by atoms with van der Waals surface area (Å²) in [4.78, 5) is 23.1. The van der Waals surface area contributed by atoms with Gasteiger partial charge >= 0.3 is 0 Å². The van der Waals surface area contributed by atoms with Crippen molar-refractivity contribution in [3.8, 4) is 0 Å². The van der Waals surface area contributed by atoms with Crippen molar-refractivity contribution in [2.24, 2.45) is 0 Å². The highest BCUT2D eigenvalue weighted by Gasteiger charge is 2.24. The molecule has 2 aliphatic heterocycles. The molecule has 0 saturated carbocycles. The van der Waals surface area contributed by atoms with Crippen LogP contribution >= 0.6 is 0 Å².